The van der Waals surface area contributed by atoms with Crippen LogP contribution in [0.25, 0.3) is 11.0 Å². The van der Waals surface area contributed by atoms with Gasteiger partial charge in [0.1, 0.15) is 0 Å². The molecule has 0 radical (unpaired) electrons. The van der Waals surface area contributed by atoms with Crippen LogP contribution in [0.15, 0.2) is 47.3 Å². The molecule has 2 aromatic carbocycles. The number of H-pyrrole nitrogens is 1. The first-order valence-electron chi connectivity index (χ1n) is 7.13. The minimum Gasteiger partial charge on any atom is -0.306 e. The van der Waals surface area contributed by atoms with Crippen LogP contribution in [0.1, 0.15) is 21.5 Å². The van der Waals surface area contributed by atoms with E-state index in [1.54, 1.807) is 12.1 Å². The lowest BCUT2D eigenvalue weighted by atomic mass is 10.1. The van der Waals surface area contributed by atoms with Gasteiger partial charge < -0.3 is 4.98 Å². The van der Waals surface area contributed by atoms with Gasteiger partial charge in [-0.1, -0.05) is 12.1 Å². The first kappa shape index (κ1) is 16.8. The average Bonchev–Trinajstić information content (AvgIpc) is 2.89. The number of hydroxylamine groups is 1. The highest BCUT2D eigenvalue weighted by Crippen LogP contribution is 2.30. The Bertz CT molecular complexity index is 988. The molecule has 3 rings (SSSR count). The highest BCUT2D eigenvalue weighted by Gasteiger charge is 2.30. The Balaban J connectivity index is 1.95. The summed E-state index contributed by atoms with van der Waals surface area (Å²) in [6, 6.07) is 9.14. The number of rotatable bonds is 3. The summed E-state index contributed by atoms with van der Waals surface area (Å²) in [5.74, 6) is -0.671. The molecule has 0 bridgehead atoms. The molecule has 0 saturated carbocycles. The molecule has 1 heterocycles. The number of halogens is 3. The minimum absolute atomic E-state index is 0.0936. The Morgan fingerprint density at radius 2 is 1.84 bits per heavy atom. The van der Waals surface area contributed by atoms with Gasteiger partial charge in [0.2, 0.25) is 0 Å². The van der Waals surface area contributed by atoms with Crippen molar-refractivity contribution in [3.8, 4) is 0 Å². The fraction of sp³-hybridized carbons (Fsp3) is 0.125. The molecular weight excluding hydrogens is 339 g/mol. The van der Waals surface area contributed by atoms with E-state index in [4.69, 9.17) is 5.21 Å². The van der Waals surface area contributed by atoms with Crippen LogP contribution < -0.4 is 11.2 Å². The minimum atomic E-state index is -4.49. The lowest BCUT2D eigenvalue weighted by molar-refractivity contribution is -0.137. The molecule has 130 valence electrons. The second-order valence-electron chi connectivity index (χ2n) is 5.38. The van der Waals surface area contributed by atoms with Crippen LogP contribution in [0.3, 0.4) is 0 Å². The molecule has 9 heteroatoms. The quantitative estimate of drug-likeness (QED) is 0.501. The van der Waals surface area contributed by atoms with Crippen molar-refractivity contribution in [3.63, 3.8) is 0 Å². The molecule has 1 amide bonds. The van der Waals surface area contributed by atoms with Crippen LogP contribution in [0.2, 0.25) is 0 Å². The van der Waals surface area contributed by atoms with Crippen molar-refractivity contribution in [1.29, 1.82) is 0 Å². The van der Waals surface area contributed by atoms with Crippen molar-refractivity contribution < 1.29 is 23.2 Å². The van der Waals surface area contributed by atoms with Crippen molar-refractivity contribution in [3.05, 3.63) is 69.6 Å². The molecule has 0 atom stereocenters. The number of carbonyl (C=O) groups is 1. The van der Waals surface area contributed by atoms with Crippen LogP contribution in [0, 0.1) is 0 Å². The third-order valence-electron chi connectivity index (χ3n) is 3.76. The van der Waals surface area contributed by atoms with Gasteiger partial charge in [-0.3, -0.25) is 14.6 Å². The van der Waals surface area contributed by atoms with E-state index in [9.17, 15) is 22.8 Å². The number of amides is 1. The average molecular weight is 351 g/mol. The van der Waals surface area contributed by atoms with E-state index in [0.717, 1.165) is 12.1 Å². The number of aromatic nitrogens is 2. The number of aromatic amines is 1. The number of alkyl halides is 3. The Hall–Kier alpha value is -3.07. The van der Waals surface area contributed by atoms with Crippen molar-refractivity contribution in [2.24, 2.45) is 0 Å². The zero-order chi connectivity index (χ0) is 18.2. The molecule has 6 nitrogen and oxygen atoms in total. The van der Waals surface area contributed by atoms with Gasteiger partial charge in [0, 0.05) is 5.56 Å². The van der Waals surface area contributed by atoms with Gasteiger partial charge in [-0.2, -0.15) is 13.2 Å². The number of hydrogen-bond acceptors (Lipinski definition) is 3. The maximum Gasteiger partial charge on any atom is 0.416 e. The van der Waals surface area contributed by atoms with Crippen molar-refractivity contribution in [2.75, 3.05) is 0 Å². The van der Waals surface area contributed by atoms with Crippen molar-refractivity contribution >= 4 is 16.9 Å². The molecule has 3 N–H and O–H groups in total. The summed E-state index contributed by atoms with van der Waals surface area (Å²) in [7, 11) is 0. The van der Waals surface area contributed by atoms with E-state index in [-0.39, 0.29) is 17.6 Å². The third kappa shape index (κ3) is 3.26. The molecule has 0 spiro atoms. The largest absolute Gasteiger partial charge is 0.416 e. The number of hydrogen-bond donors (Lipinski definition) is 3. The number of nitrogens with zero attached hydrogens (tertiary/aromatic N) is 1. The van der Waals surface area contributed by atoms with Gasteiger partial charge in [-0.05, 0) is 35.9 Å². The third-order valence-corrected chi connectivity index (χ3v) is 3.76. The summed E-state index contributed by atoms with van der Waals surface area (Å²) in [6.07, 6.45) is -4.49. The van der Waals surface area contributed by atoms with Gasteiger partial charge >= 0.3 is 11.9 Å². The van der Waals surface area contributed by atoms with Gasteiger partial charge in [0.05, 0.1) is 23.1 Å². The van der Waals surface area contributed by atoms with E-state index in [2.05, 4.69) is 4.98 Å². The van der Waals surface area contributed by atoms with Crippen LogP contribution >= 0.6 is 0 Å². The zero-order valence-electron chi connectivity index (χ0n) is 12.6. The van der Waals surface area contributed by atoms with E-state index in [0.29, 0.717) is 11.1 Å². The van der Waals surface area contributed by atoms with Gasteiger partial charge in [0.15, 0.2) is 0 Å². The molecule has 0 aliphatic carbocycles. The van der Waals surface area contributed by atoms with Crippen LogP contribution in [0.5, 0.6) is 0 Å². The number of imidazole rings is 1. The number of carbonyl (C=O) groups excluding carboxylic acids is 1. The van der Waals surface area contributed by atoms with E-state index in [1.165, 1.54) is 28.2 Å². The molecule has 0 fully saturated rings. The predicted molar refractivity (Wildman–Crippen MR) is 82.4 cm³/mol. The Morgan fingerprint density at radius 1 is 1.16 bits per heavy atom. The highest BCUT2D eigenvalue weighted by atomic mass is 19.4. The summed E-state index contributed by atoms with van der Waals surface area (Å²) in [5, 5.41) is 8.57. The summed E-state index contributed by atoms with van der Waals surface area (Å²) in [4.78, 5) is 25.7. The Kier molecular flexibility index (Phi) is 4.09. The number of benzene rings is 2. The standard InChI is InChI=1S/C16H12F3N3O3/c17-16(18,19)11-5-6-13-12(7-11)20-15(24)22(13)8-9-1-3-10(4-2-9)14(23)21-25/h1-7,25H,8H2,(H,20,24)(H,21,23). The molecular formula is C16H12F3N3O3. The molecule has 0 aliphatic rings. The summed E-state index contributed by atoms with van der Waals surface area (Å²) >= 11 is 0. The van der Waals surface area contributed by atoms with Crippen LogP contribution in [0.4, 0.5) is 13.2 Å². The zero-order valence-corrected chi connectivity index (χ0v) is 12.6. The SMILES string of the molecule is O=C(NO)c1ccc(Cn2c(=O)[nH]c3cc(C(F)(F)F)ccc32)cc1. The maximum absolute atomic E-state index is 12.8. The molecule has 0 aliphatic heterocycles. The first-order chi connectivity index (χ1) is 11.8. The monoisotopic (exact) mass is 351 g/mol. The Morgan fingerprint density at radius 3 is 2.44 bits per heavy atom. The normalized spacial score (nSPS) is 11.7. The summed E-state index contributed by atoms with van der Waals surface area (Å²) < 4.78 is 39.6. The van der Waals surface area contributed by atoms with Crippen molar-refractivity contribution in [1.82, 2.24) is 15.0 Å². The van der Waals surface area contributed by atoms with Crippen LogP contribution in [-0.2, 0) is 12.7 Å². The van der Waals surface area contributed by atoms with Gasteiger partial charge in [0.25, 0.3) is 5.91 Å². The van der Waals surface area contributed by atoms with Crippen molar-refractivity contribution in [2.45, 2.75) is 12.7 Å². The van der Waals surface area contributed by atoms with E-state index >= 15 is 0 Å². The molecule has 3 aromatic rings. The second-order valence-corrected chi connectivity index (χ2v) is 5.38. The topological polar surface area (TPSA) is 87.1 Å². The van der Waals surface area contributed by atoms with Gasteiger partial charge in [-0.15, -0.1) is 0 Å². The Labute approximate surface area is 138 Å². The van der Waals surface area contributed by atoms with Crippen LogP contribution in [-0.4, -0.2) is 20.7 Å². The number of nitrogens with one attached hydrogen (secondary N) is 2. The first-order valence-corrected chi connectivity index (χ1v) is 7.13. The molecule has 0 saturated heterocycles. The fourth-order valence-corrected chi connectivity index (χ4v) is 2.51. The molecule has 0 unspecified atom stereocenters. The maximum atomic E-state index is 12.8. The lowest BCUT2D eigenvalue weighted by Gasteiger charge is -2.07. The van der Waals surface area contributed by atoms with E-state index < -0.39 is 23.3 Å². The highest BCUT2D eigenvalue weighted by molar-refractivity contribution is 5.93. The fourth-order valence-electron chi connectivity index (χ4n) is 2.51. The molecule has 1 aromatic heterocycles. The summed E-state index contributed by atoms with van der Waals surface area (Å²) in [6.45, 7) is 0.116. The molecule has 25 heavy (non-hydrogen) atoms. The predicted octanol–water partition coefficient (Wildman–Crippen LogP) is 2.52. The van der Waals surface area contributed by atoms with E-state index in [1.807, 2.05) is 0 Å². The lowest BCUT2D eigenvalue weighted by Crippen LogP contribution is -2.19. The summed E-state index contributed by atoms with van der Waals surface area (Å²) in [5.41, 5.74) is 1.46. The van der Waals surface area contributed by atoms with Gasteiger partial charge in [-0.25, -0.2) is 10.3 Å². The number of fused-ring (bicyclic) bond motifs is 1. The second kappa shape index (κ2) is 6.10. The smallest absolute Gasteiger partial charge is 0.306 e.